The molecule has 0 bridgehead atoms. The third-order valence-electron chi connectivity index (χ3n) is 2.71. The number of rotatable bonds is 2. The van der Waals surface area contributed by atoms with Crippen molar-refractivity contribution in [2.45, 2.75) is 13.2 Å². The van der Waals surface area contributed by atoms with Gasteiger partial charge in [-0.05, 0) is 31.2 Å². The fourth-order valence-electron chi connectivity index (χ4n) is 1.85. The summed E-state index contributed by atoms with van der Waals surface area (Å²) in [5, 5.41) is 0.711. The number of aryl methyl sites for hydroxylation is 1. The molecular weight excluding hydrogens is 252 g/mol. The topological polar surface area (TPSA) is 36.3 Å². The van der Waals surface area contributed by atoms with Gasteiger partial charge in [0.15, 0.2) is 0 Å². The number of imidazole rings is 1. The Balaban J connectivity index is 1.95. The Labute approximate surface area is 109 Å². The van der Waals surface area contributed by atoms with E-state index in [1.807, 2.05) is 42.0 Å². The summed E-state index contributed by atoms with van der Waals surface area (Å²) in [6.45, 7) is 1.93. The number of aromatic nitrogens is 2. The van der Waals surface area contributed by atoms with Crippen molar-refractivity contribution in [1.82, 2.24) is 9.55 Å². The number of nitrogens with zero attached hydrogens (tertiary/aromatic N) is 2. The van der Waals surface area contributed by atoms with E-state index in [1.54, 1.807) is 0 Å². The fraction of sp³-hybridized carbons (Fsp3) is 0.154. The second kappa shape index (κ2) is 4.38. The van der Waals surface area contributed by atoms with Gasteiger partial charge in [0.05, 0.1) is 0 Å². The van der Waals surface area contributed by atoms with E-state index in [0.717, 1.165) is 17.2 Å². The van der Waals surface area contributed by atoms with Crippen molar-refractivity contribution < 1.29 is 9.47 Å². The lowest BCUT2D eigenvalue weighted by atomic mass is 10.3. The van der Waals surface area contributed by atoms with Gasteiger partial charge in [-0.25, -0.2) is 4.98 Å². The molecular formula is C13H11ClN2O2. The van der Waals surface area contributed by atoms with Gasteiger partial charge in [0.2, 0.25) is 0 Å². The monoisotopic (exact) mass is 262 g/mol. The Kier molecular flexibility index (Phi) is 2.72. The van der Waals surface area contributed by atoms with Crippen molar-refractivity contribution in [3.63, 3.8) is 0 Å². The maximum Gasteiger partial charge on any atom is 0.284 e. The highest BCUT2D eigenvalue weighted by molar-refractivity contribution is 6.30. The van der Waals surface area contributed by atoms with Crippen molar-refractivity contribution in [2.24, 2.45) is 0 Å². The molecule has 1 aliphatic heterocycles. The quantitative estimate of drug-likeness (QED) is 0.833. The molecule has 1 aliphatic rings. The molecule has 92 valence electrons. The minimum absolute atomic E-state index is 0.447. The molecule has 2 aromatic rings. The molecule has 0 aliphatic carbocycles. The van der Waals surface area contributed by atoms with Gasteiger partial charge in [-0.1, -0.05) is 11.6 Å². The van der Waals surface area contributed by atoms with Crippen molar-refractivity contribution >= 4 is 11.6 Å². The van der Waals surface area contributed by atoms with E-state index in [9.17, 15) is 0 Å². The van der Waals surface area contributed by atoms with Crippen LogP contribution in [0.5, 0.6) is 0 Å². The van der Waals surface area contributed by atoms with Crippen LogP contribution >= 0.6 is 11.6 Å². The molecule has 2 heterocycles. The minimum Gasteiger partial charge on any atom is -0.454 e. The normalized spacial score (nSPS) is 14.6. The molecule has 0 atom stereocenters. The first-order valence-electron chi connectivity index (χ1n) is 5.52. The zero-order valence-electron chi connectivity index (χ0n) is 9.71. The van der Waals surface area contributed by atoms with Crippen molar-refractivity contribution in [3.8, 4) is 5.69 Å². The zero-order valence-corrected chi connectivity index (χ0v) is 10.5. The number of halogens is 1. The summed E-state index contributed by atoms with van der Waals surface area (Å²) >= 11 is 5.87. The van der Waals surface area contributed by atoms with Crippen molar-refractivity contribution in [3.05, 3.63) is 59.5 Å². The lowest BCUT2D eigenvalue weighted by molar-refractivity contribution is -0.0277. The van der Waals surface area contributed by atoms with Gasteiger partial charge >= 0.3 is 0 Å². The van der Waals surface area contributed by atoms with Crippen LogP contribution < -0.4 is 0 Å². The van der Waals surface area contributed by atoms with E-state index >= 15 is 0 Å². The molecule has 5 heteroatoms. The molecule has 18 heavy (non-hydrogen) atoms. The van der Waals surface area contributed by atoms with E-state index in [0.29, 0.717) is 5.02 Å². The Hall–Kier alpha value is -1.94. The van der Waals surface area contributed by atoms with E-state index in [1.165, 1.54) is 12.5 Å². The second-order valence-electron chi connectivity index (χ2n) is 3.94. The average Bonchev–Trinajstić information content (AvgIpc) is 2.99. The predicted octanol–water partition coefficient (Wildman–Crippen LogP) is 3.35. The highest BCUT2D eigenvalue weighted by Crippen LogP contribution is 2.25. The van der Waals surface area contributed by atoms with Crippen LogP contribution in [0.15, 0.2) is 43.0 Å². The maximum atomic E-state index is 5.87. The van der Waals surface area contributed by atoms with Crippen LogP contribution in [0.25, 0.3) is 5.69 Å². The van der Waals surface area contributed by atoms with Crippen LogP contribution in [0.2, 0.25) is 5.02 Å². The molecule has 0 saturated heterocycles. The first kappa shape index (κ1) is 11.2. The smallest absolute Gasteiger partial charge is 0.284 e. The lowest BCUT2D eigenvalue weighted by Gasteiger charge is -2.06. The Bertz CT molecular complexity index is 582. The summed E-state index contributed by atoms with van der Waals surface area (Å²) in [6.07, 6.45) is 4.48. The van der Waals surface area contributed by atoms with Crippen molar-refractivity contribution in [1.29, 1.82) is 0 Å². The minimum atomic E-state index is -0.447. The van der Waals surface area contributed by atoms with Crippen LogP contribution in [0.1, 0.15) is 17.8 Å². The van der Waals surface area contributed by atoms with Crippen LogP contribution in [0.4, 0.5) is 0 Å². The average molecular weight is 263 g/mol. The summed E-state index contributed by atoms with van der Waals surface area (Å²) in [4.78, 5) is 4.43. The number of hydrogen-bond acceptors (Lipinski definition) is 3. The zero-order chi connectivity index (χ0) is 12.5. The molecule has 1 aromatic heterocycles. The van der Waals surface area contributed by atoms with Crippen LogP contribution in [-0.2, 0) is 9.47 Å². The summed E-state index contributed by atoms with van der Waals surface area (Å²) in [5.41, 5.74) is 1.74. The highest BCUT2D eigenvalue weighted by atomic mass is 35.5. The first-order valence-corrected chi connectivity index (χ1v) is 5.89. The van der Waals surface area contributed by atoms with E-state index in [2.05, 4.69) is 4.98 Å². The van der Waals surface area contributed by atoms with E-state index < -0.39 is 6.29 Å². The van der Waals surface area contributed by atoms with Crippen molar-refractivity contribution in [2.75, 3.05) is 0 Å². The van der Waals surface area contributed by atoms with Crippen LogP contribution in [0, 0.1) is 6.92 Å². The van der Waals surface area contributed by atoms with E-state index in [-0.39, 0.29) is 0 Å². The molecule has 1 aromatic carbocycles. The molecule has 0 saturated carbocycles. The molecule has 3 rings (SSSR count). The van der Waals surface area contributed by atoms with Gasteiger partial charge in [-0.15, -0.1) is 0 Å². The maximum absolute atomic E-state index is 5.87. The van der Waals surface area contributed by atoms with Gasteiger partial charge in [0, 0.05) is 16.9 Å². The van der Waals surface area contributed by atoms with E-state index in [4.69, 9.17) is 21.1 Å². The highest BCUT2D eigenvalue weighted by Gasteiger charge is 2.20. The van der Waals surface area contributed by atoms with Gasteiger partial charge in [-0.2, -0.15) is 0 Å². The largest absolute Gasteiger partial charge is 0.454 e. The second-order valence-corrected chi connectivity index (χ2v) is 4.37. The molecule has 0 amide bonds. The molecule has 0 radical (unpaired) electrons. The van der Waals surface area contributed by atoms with Gasteiger partial charge in [0.25, 0.3) is 6.29 Å². The Morgan fingerprint density at radius 3 is 2.50 bits per heavy atom. The third kappa shape index (κ3) is 1.95. The van der Waals surface area contributed by atoms with Gasteiger partial charge in [0.1, 0.15) is 24.0 Å². The molecule has 0 spiro atoms. The Morgan fingerprint density at radius 2 is 1.83 bits per heavy atom. The fourth-order valence-corrected chi connectivity index (χ4v) is 1.98. The standard InChI is InChI=1S/C13H11ClN2O2/c1-9-15-12(13-17-6-7-18-13)8-16(9)11-4-2-10(14)3-5-11/h2-8,13H,1H3. The Morgan fingerprint density at radius 1 is 1.17 bits per heavy atom. The summed E-state index contributed by atoms with van der Waals surface area (Å²) in [7, 11) is 0. The first-order chi connectivity index (χ1) is 8.74. The van der Waals surface area contributed by atoms with Gasteiger partial charge in [-0.3, -0.25) is 0 Å². The summed E-state index contributed by atoms with van der Waals surface area (Å²) < 4.78 is 12.5. The van der Waals surface area contributed by atoms with Crippen LogP contribution in [0.3, 0.4) is 0 Å². The molecule has 0 N–H and O–H groups in total. The summed E-state index contributed by atoms with van der Waals surface area (Å²) in [5.74, 6) is 0.867. The number of benzene rings is 1. The lowest BCUT2D eigenvalue weighted by Crippen LogP contribution is -1.97. The summed E-state index contributed by atoms with van der Waals surface area (Å²) in [6, 6.07) is 7.57. The number of hydrogen-bond donors (Lipinski definition) is 0. The number of ether oxygens (including phenoxy) is 2. The molecule has 0 fully saturated rings. The molecule has 4 nitrogen and oxygen atoms in total. The predicted molar refractivity (Wildman–Crippen MR) is 67.4 cm³/mol. The SMILES string of the molecule is Cc1nc(C2OC=CO2)cn1-c1ccc(Cl)cc1. The van der Waals surface area contributed by atoms with Gasteiger partial charge < -0.3 is 14.0 Å². The van der Waals surface area contributed by atoms with Crippen LogP contribution in [-0.4, -0.2) is 9.55 Å². The third-order valence-corrected chi connectivity index (χ3v) is 2.96. The molecule has 0 unspecified atom stereocenters.